The first-order valence-electron chi connectivity index (χ1n) is 5.64. The number of benzene rings is 1. The molecule has 0 bridgehead atoms. The van der Waals surface area contributed by atoms with Crippen LogP contribution in [0.5, 0.6) is 5.75 Å². The van der Waals surface area contributed by atoms with Crippen molar-refractivity contribution >= 4 is 0 Å². The zero-order valence-corrected chi connectivity index (χ0v) is 10.1. The number of halogens is 3. The Kier molecular flexibility index (Phi) is 3.69. The van der Waals surface area contributed by atoms with Gasteiger partial charge in [-0.15, -0.1) is 0 Å². The lowest BCUT2D eigenvalue weighted by Crippen LogP contribution is -2.04. The number of alkyl halides is 3. The first-order chi connectivity index (χ1) is 9.00. The van der Waals surface area contributed by atoms with Crippen molar-refractivity contribution in [3.8, 4) is 17.0 Å². The molecule has 0 aliphatic carbocycles. The minimum atomic E-state index is -4.37. The molecule has 2 rings (SSSR count). The van der Waals surface area contributed by atoms with E-state index in [2.05, 4.69) is 10.2 Å². The quantitative estimate of drug-likeness (QED) is 0.853. The van der Waals surface area contributed by atoms with Crippen LogP contribution >= 0.6 is 0 Å². The Labute approximate surface area is 108 Å². The Balaban J connectivity index is 2.39. The number of aromatic nitrogens is 2. The van der Waals surface area contributed by atoms with Crippen LogP contribution in [0.4, 0.5) is 13.2 Å². The van der Waals surface area contributed by atoms with Crippen molar-refractivity contribution in [3.05, 3.63) is 42.1 Å². The van der Waals surface area contributed by atoms with E-state index in [1.54, 1.807) is 12.1 Å². The predicted octanol–water partition coefficient (Wildman–Crippen LogP) is 3.56. The van der Waals surface area contributed by atoms with Gasteiger partial charge in [0.2, 0.25) is 0 Å². The average Bonchev–Trinajstić information content (AvgIpc) is 2.39. The topological polar surface area (TPSA) is 35.0 Å². The van der Waals surface area contributed by atoms with E-state index < -0.39 is 11.7 Å². The van der Waals surface area contributed by atoms with E-state index in [0.717, 1.165) is 12.1 Å². The molecular weight excluding hydrogens is 257 g/mol. The Morgan fingerprint density at radius 1 is 1.21 bits per heavy atom. The molecule has 0 unspecified atom stereocenters. The smallest absolute Gasteiger partial charge is 0.416 e. The van der Waals surface area contributed by atoms with Crippen LogP contribution < -0.4 is 4.74 Å². The zero-order valence-electron chi connectivity index (χ0n) is 10.1. The molecule has 0 N–H and O–H groups in total. The highest BCUT2D eigenvalue weighted by molar-refractivity contribution is 5.61. The number of ether oxygens (including phenoxy) is 1. The second-order valence-electron chi connectivity index (χ2n) is 3.79. The Morgan fingerprint density at radius 2 is 2.00 bits per heavy atom. The fourth-order valence-electron chi connectivity index (χ4n) is 1.59. The van der Waals surface area contributed by atoms with Gasteiger partial charge in [-0.2, -0.15) is 23.4 Å². The summed E-state index contributed by atoms with van der Waals surface area (Å²) in [5.74, 6) is 0.477. The summed E-state index contributed by atoms with van der Waals surface area (Å²) in [5.41, 5.74) is -0.0189. The van der Waals surface area contributed by atoms with Crippen LogP contribution in [-0.2, 0) is 6.18 Å². The van der Waals surface area contributed by atoms with Gasteiger partial charge >= 0.3 is 6.18 Å². The highest BCUT2D eigenvalue weighted by atomic mass is 19.4. The van der Waals surface area contributed by atoms with E-state index in [1.807, 2.05) is 6.92 Å². The Bertz CT molecular complexity index is 570. The summed E-state index contributed by atoms with van der Waals surface area (Å²) in [4.78, 5) is 0. The van der Waals surface area contributed by atoms with Crippen molar-refractivity contribution in [2.24, 2.45) is 0 Å². The second kappa shape index (κ2) is 5.26. The third-order valence-corrected chi connectivity index (χ3v) is 2.43. The van der Waals surface area contributed by atoms with Gasteiger partial charge in [0.15, 0.2) is 0 Å². The fraction of sp³-hybridized carbons (Fsp3) is 0.231. The molecule has 0 saturated heterocycles. The number of hydrogen-bond acceptors (Lipinski definition) is 3. The summed E-state index contributed by atoms with van der Waals surface area (Å²) in [6, 6.07) is 6.51. The molecule has 0 radical (unpaired) electrons. The van der Waals surface area contributed by atoms with E-state index in [4.69, 9.17) is 4.74 Å². The molecule has 100 valence electrons. The number of hydrogen-bond donors (Lipinski definition) is 0. The third-order valence-electron chi connectivity index (χ3n) is 2.43. The maximum atomic E-state index is 12.6. The lowest BCUT2D eigenvalue weighted by molar-refractivity contribution is -0.137. The van der Waals surface area contributed by atoms with Gasteiger partial charge in [0.1, 0.15) is 5.75 Å². The van der Waals surface area contributed by atoms with Crippen LogP contribution in [-0.4, -0.2) is 16.8 Å². The molecule has 19 heavy (non-hydrogen) atoms. The summed E-state index contributed by atoms with van der Waals surface area (Å²) in [6.07, 6.45) is -2.96. The van der Waals surface area contributed by atoms with E-state index in [1.165, 1.54) is 12.3 Å². The van der Waals surface area contributed by atoms with Crippen molar-refractivity contribution in [3.63, 3.8) is 0 Å². The molecule has 1 aromatic heterocycles. The molecule has 0 aliphatic rings. The van der Waals surface area contributed by atoms with Crippen molar-refractivity contribution in [1.82, 2.24) is 10.2 Å². The van der Waals surface area contributed by atoms with Crippen molar-refractivity contribution in [2.45, 2.75) is 13.1 Å². The van der Waals surface area contributed by atoms with Gasteiger partial charge in [-0.05, 0) is 19.1 Å². The second-order valence-corrected chi connectivity index (χ2v) is 3.79. The minimum Gasteiger partial charge on any atom is -0.492 e. The first kappa shape index (κ1) is 13.3. The lowest BCUT2D eigenvalue weighted by atomic mass is 10.1. The molecule has 3 nitrogen and oxygen atoms in total. The van der Waals surface area contributed by atoms with E-state index in [-0.39, 0.29) is 0 Å². The Hall–Kier alpha value is -2.11. The predicted molar refractivity (Wildman–Crippen MR) is 63.6 cm³/mol. The molecule has 0 aliphatic heterocycles. The summed E-state index contributed by atoms with van der Waals surface area (Å²) in [7, 11) is 0. The van der Waals surface area contributed by atoms with Crippen molar-refractivity contribution in [2.75, 3.05) is 6.61 Å². The van der Waals surface area contributed by atoms with Crippen LogP contribution in [0.25, 0.3) is 11.3 Å². The number of nitrogens with zero attached hydrogens (tertiary/aromatic N) is 2. The fourth-order valence-corrected chi connectivity index (χ4v) is 1.59. The molecule has 2 aromatic rings. The Morgan fingerprint density at radius 3 is 2.68 bits per heavy atom. The van der Waals surface area contributed by atoms with Gasteiger partial charge < -0.3 is 4.74 Å². The molecule has 6 heteroatoms. The molecule has 0 amide bonds. The molecule has 0 saturated carbocycles. The van der Waals surface area contributed by atoms with Crippen LogP contribution in [0, 0.1) is 0 Å². The van der Waals surface area contributed by atoms with Crippen LogP contribution in [0.15, 0.2) is 36.5 Å². The highest BCUT2D eigenvalue weighted by Crippen LogP contribution is 2.32. The number of rotatable bonds is 3. The first-order valence-corrected chi connectivity index (χ1v) is 5.64. The molecule has 0 atom stereocenters. The molecule has 0 fully saturated rings. The van der Waals surface area contributed by atoms with E-state index in [9.17, 15) is 13.2 Å². The normalized spacial score (nSPS) is 11.4. The van der Waals surface area contributed by atoms with Gasteiger partial charge in [-0.25, -0.2) is 0 Å². The minimum absolute atomic E-state index is 0.344. The molecular formula is C13H11F3N2O. The molecule has 1 heterocycles. The molecule has 1 aromatic carbocycles. The van der Waals surface area contributed by atoms with Gasteiger partial charge in [0, 0.05) is 11.6 Å². The van der Waals surface area contributed by atoms with Gasteiger partial charge in [0.25, 0.3) is 0 Å². The van der Waals surface area contributed by atoms with Crippen LogP contribution in [0.3, 0.4) is 0 Å². The average molecular weight is 268 g/mol. The SMILES string of the molecule is CCOc1cnnc(-c2cccc(C(F)(F)F)c2)c1. The van der Waals surface area contributed by atoms with E-state index in [0.29, 0.717) is 23.6 Å². The largest absolute Gasteiger partial charge is 0.492 e. The van der Waals surface area contributed by atoms with Gasteiger partial charge in [-0.1, -0.05) is 12.1 Å². The summed E-state index contributed by atoms with van der Waals surface area (Å²) in [6.45, 7) is 2.26. The summed E-state index contributed by atoms with van der Waals surface area (Å²) in [5, 5.41) is 7.53. The van der Waals surface area contributed by atoms with Crippen LogP contribution in [0.2, 0.25) is 0 Å². The zero-order chi connectivity index (χ0) is 13.9. The lowest BCUT2D eigenvalue weighted by Gasteiger charge is -2.08. The van der Waals surface area contributed by atoms with Crippen molar-refractivity contribution in [1.29, 1.82) is 0 Å². The maximum absolute atomic E-state index is 12.6. The van der Waals surface area contributed by atoms with Crippen LogP contribution in [0.1, 0.15) is 12.5 Å². The maximum Gasteiger partial charge on any atom is 0.416 e. The highest BCUT2D eigenvalue weighted by Gasteiger charge is 2.30. The standard InChI is InChI=1S/C13H11F3N2O/c1-2-19-11-7-12(18-17-8-11)9-4-3-5-10(6-9)13(14,15)16/h3-8H,2H2,1H3. The third kappa shape index (κ3) is 3.21. The van der Waals surface area contributed by atoms with Gasteiger partial charge in [0.05, 0.1) is 24.1 Å². The van der Waals surface area contributed by atoms with Crippen molar-refractivity contribution < 1.29 is 17.9 Å². The summed E-state index contributed by atoms with van der Waals surface area (Å²) >= 11 is 0. The van der Waals surface area contributed by atoms with E-state index >= 15 is 0 Å². The summed E-state index contributed by atoms with van der Waals surface area (Å²) < 4.78 is 43.1. The monoisotopic (exact) mass is 268 g/mol. The molecule has 0 spiro atoms. The van der Waals surface area contributed by atoms with Gasteiger partial charge in [-0.3, -0.25) is 0 Å².